The molecule has 0 saturated carbocycles. The molecule has 1 amide bonds. The largest absolute Gasteiger partial charge is 0.320 e. The van der Waals surface area contributed by atoms with E-state index >= 15 is 0 Å². The van der Waals surface area contributed by atoms with Gasteiger partial charge in [0, 0.05) is 0 Å². The van der Waals surface area contributed by atoms with Crippen molar-refractivity contribution in [2.75, 3.05) is 5.32 Å². The van der Waals surface area contributed by atoms with Crippen molar-refractivity contribution in [3.8, 4) is 0 Å². The number of nitrogens with zero attached hydrogens (tertiary/aromatic N) is 2. The molecule has 0 saturated heterocycles. The molecule has 1 aromatic heterocycles. The topological polar surface area (TPSA) is 54.9 Å². The Morgan fingerprint density at radius 1 is 1.35 bits per heavy atom. The Labute approximate surface area is 116 Å². The second-order valence-electron chi connectivity index (χ2n) is 3.34. The van der Waals surface area contributed by atoms with E-state index in [-0.39, 0.29) is 0 Å². The van der Waals surface area contributed by atoms with Gasteiger partial charge in [0.05, 0.1) is 17.4 Å². The standard InChI is InChI=1S/C9H6Cl3N3OS/c1-4-2-3-5-7(15-17-14-5)6(4)13-8(16)9(10,11)12/h2-3H,1H3,(H,13,16). The molecule has 17 heavy (non-hydrogen) atoms. The lowest BCUT2D eigenvalue weighted by molar-refractivity contribution is -0.115. The highest BCUT2D eigenvalue weighted by Gasteiger charge is 2.31. The molecular formula is C9H6Cl3N3OS. The van der Waals surface area contributed by atoms with Crippen LogP contribution in [0.15, 0.2) is 12.1 Å². The van der Waals surface area contributed by atoms with Crippen molar-refractivity contribution in [3.05, 3.63) is 17.7 Å². The average molecular weight is 311 g/mol. The Morgan fingerprint density at radius 2 is 2.06 bits per heavy atom. The summed E-state index contributed by atoms with van der Waals surface area (Å²) in [6.45, 7) is 1.83. The van der Waals surface area contributed by atoms with Gasteiger partial charge in [-0.25, -0.2) is 0 Å². The van der Waals surface area contributed by atoms with E-state index < -0.39 is 9.70 Å². The van der Waals surface area contributed by atoms with E-state index in [4.69, 9.17) is 34.8 Å². The number of benzene rings is 1. The first-order chi connectivity index (χ1) is 7.89. The highest BCUT2D eigenvalue weighted by molar-refractivity contribution is 7.00. The Morgan fingerprint density at radius 3 is 2.71 bits per heavy atom. The van der Waals surface area contributed by atoms with Crippen LogP contribution in [0.25, 0.3) is 11.0 Å². The van der Waals surface area contributed by atoms with Gasteiger partial charge < -0.3 is 5.32 Å². The number of aromatic nitrogens is 2. The van der Waals surface area contributed by atoms with Crippen LogP contribution in [-0.4, -0.2) is 18.4 Å². The Bertz CT molecular complexity index is 578. The summed E-state index contributed by atoms with van der Waals surface area (Å²) in [5.41, 5.74) is 2.64. The van der Waals surface area contributed by atoms with Gasteiger partial charge in [-0.3, -0.25) is 4.79 Å². The molecule has 1 N–H and O–H groups in total. The van der Waals surface area contributed by atoms with E-state index in [9.17, 15) is 4.79 Å². The number of nitrogens with one attached hydrogen (secondary N) is 1. The van der Waals surface area contributed by atoms with Crippen LogP contribution in [0.5, 0.6) is 0 Å². The predicted octanol–water partition coefficient (Wildman–Crippen LogP) is 3.31. The predicted molar refractivity (Wildman–Crippen MR) is 71.1 cm³/mol. The number of fused-ring (bicyclic) bond motifs is 1. The first kappa shape index (κ1) is 12.8. The van der Waals surface area contributed by atoms with E-state index in [1.165, 1.54) is 0 Å². The minimum atomic E-state index is -2.00. The quantitative estimate of drug-likeness (QED) is 0.822. The maximum absolute atomic E-state index is 11.6. The van der Waals surface area contributed by atoms with Crippen molar-refractivity contribution in [1.82, 2.24) is 8.75 Å². The summed E-state index contributed by atoms with van der Waals surface area (Å²) in [5, 5.41) is 2.55. The van der Waals surface area contributed by atoms with Crippen molar-refractivity contribution in [1.29, 1.82) is 0 Å². The molecule has 0 aliphatic carbocycles. The second kappa shape index (κ2) is 4.57. The molecule has 0 aliphatic heterocycles. The third-order valence-corrected chi connectivity index (χ3v) is 3.19. The van der Waals surface area contributed by atoms with Crippen molar-refractivity contribution < 1.29 is 4.79 Å². The van der Waals surface area contributed by atoms with Crippen LogP contribution in [0.3, 0.4) is 0 Å². The molecule has 0 atom stereocenters. The number of halogens is 3. The molecule has 0 bridgehead atoms. The number of hydrogen-bond donors (Lipinski definition) is 1. The summed E-state index contributed by atoms with van der Waals surface area (Å²) in [4.78, 5) is 11.6. The molecule has 2 rings (SSSR count). The van der Waals surface area contributed by atoms with Crippen molar-refractivity contribution in [2.24, 2.45) is 0 Å². The van der Waals surface area contributed by atoms with Crippen LogP contribution >= 0.6 is 46.5 Å². The van der Waals surface area contributed by atoms with E-state index in [0.717, 1.165) is 17.3 Å². The van der Waals surface area contributed by atoms with Crippen molar-refractivity contribution in [2.45, 2.75) is 10.7 Å². The number of aryl methyl sites for hydroxylation is 1. The van der Waals surface area contributed by atoms with Gasteiger partial charge in [0.15, 0.2) is 0 Å². The average Bonchev–Trinajstić information content (AvgIpc) is 2.68. The molecule has 8 heteroatoms. The van der Waals surface area contributed by atoms with Gasteiger partial charge in [0.25, 0.3) is 9.70 Å². The lowest BCUT2D eigenvalue weighted by atomic mass is 10.1. The number of anilines is 1. The van der Waals surface area contributed by atoms with E-state index in [1.807, 2.05) is 19.1 Å². The molecule has 0 fully saturated rings. The Hall–Kier alpha value is -0.620. The van der Waals surface area contributed by atoms with E-state index in [1.54, 1.807) is 0 Å². The van der Waals surface area contributed by atoms with E-state index in [2.05, 4.69) is 14.1 Å². The van der Waals surface area contributed by atoms with Gasteiger partial charge in [-0.05, 0) is 18.6 Å². The summed E-state index contributed by atoms with van der Waals surface area (Å²) in [6, 6.07) is 3.64. The molecule has 1 aromatic carbocycles. The fourth-order valence-electron chi connectivity index (χ4n) is 1.29. The zero-order valence-electron chi connectivity index (χ0n) is 8.50. The summed E-state index contributed by atoms with van der Waals surface area (Å²) in [7, 11) is 0. The summed E-state index contributed by atoms with van der Waals surface area (Å²) in [5.74, 6) is -0.717. The zero-order valence-corrected chi connectivity index (χ0v) is 11.6. The van der Waals surface area contributed by atoms with Gasteiger partial charge in [-0.2, -0.15) is 8.75 Å². The molecule has 1 heterocycles. The van der Waals surface area contributed by atoms with Gasteiger partial charge in [0.2, 0.25) is 0 Å². The van der Waals surface area contributed by atoms with Gasteiger partial charge in [0.1, 0.15) is 11.0 Å². The first-order valence-electron chi connectivity index (χ1n) is 4.49. The minimum Gasteiger partial charge on any atom is -0.320 e. The molecule has 0 radical (unpaired) electrons. The SMILES string of the molecule is Cc1ccc2nsnc2c1NC(=O)C(Cl)(Cl)Cl. The van der Waals surface area contributed by atoms with Crippen LogP contribution in [0.2, 0.25) is 0 Å². The summed E-state index contributed by atoms with van der Waals surface area (Å²) >= 11 is 17.5. The summed E-state index contributed by atoms with van der Waals surface area (Å²) in [6.07, 6.45) is 0. The van der Waals surface area contributed by atoms with Crippen LogP contribution < -0.4 is 5.32 Å². The van der Waals surface area contributed by atoms with Gasteiger partial charge in [-0.1, -0.05) is 40.9 Å². The molecule has 0 aliphatic rings. The number of carbonyl (C=O) groups excluding carboxylic acids is 1. The zero-order chi connectivity index (χ0) is 12.6. The monoisotopic (exact) mass is 309 g/mol. The fourth-order valence-corrected chi connectivity index (χ4v) is 1.98. The normalized spacial score (nSPS) is 11.8. The Kier molecular flexibility index (Phi) is 3.45. The van der Waals surface area contributed by atoms with Gasteiger partial charge in [-0.15, -0.1) is 0 Å². The molecule has 0 spiro atoms. The molecule has 4 nitrogen and oxygen atoms in total. The Balaban J connectivity index is 2.45. The number of alkyl halides is 3. The number of hydrogen-bond acceptors (Lipinski definition) is 4. The number of amides is 1. The number of carbonyl (C=O) groups is 1. The van der Waals surface area contributed by atoms with Crippen LogP contribution in [-0.2, 0) is 4.79 Å². The molecule has 90 valence electrons. The maximum Gasteiger partial charge on any atom is 0.276 e. The molecular weight excluding hydrogens is 305 g/mol. The van der Waals surface area contributed by atoms with Gasteiger partial charge >= 0.3 is 0 Å². The lowest BCUT2D eigenvalue weighted by Gasteiger charge is -2.13. The maximum atomic E-state index is 11.6. The third kappa shape index (κ3) is 2.63. The summed E-state index contributed by atoms with van der Waals surface area (Å²) < 4.78 is 6.17. The highest BCUT2D eigenvalue weighted by atomic mass is 35.6. The highest BCUT2D eigenvalue weighted by Crippen LogP contribution is 2.31. The van der Waals surface area contributed by atoms with Crippen molar-refractivity contribution >= 4 is 69.2 Å². The molecule has 0 unspecified atom stereocenters. The minimum absolute atomic E-state index is 0.521. The third-order valence-electron chi connectivity index (χ3n) is 2.13. The second-order valence-corrected chi connectivity index (χ2v) is 6.15. The number of rotatable bonds is 1. The van der Waals surface area contributed by atoms with Crippen LogP contribution in [0, 0.1) is 6.92 Å². The smallest absolute Gasteiger partial charge is 0.276 e. The van der Waals surface area contributed by atoms with Crippen molar-refractivity contribution in [3.63, 3.8) is 0 Å². The lowest BCUT2D eigenvalue weighted by Crippen LogP contribution is -2.27. The van der Waals surface area contributed by atoms with Crippen LogP contribution in [0.1, 0.15) is 5.56 Å². The first-order valence-corrected chi connectivity index (χ1v) is 6.36. The molecule has 2 aromatic rings. The van der Waals surface area contributed by atoms with Crippen LogP contribution in [0.4, 0.5) is 5.69 Å². The van der Waals surface area contributed by atoms with E-state index in [0.29, 0.717) is 16.7 Å². The fraction of sp³-hybridized carbons (Fsp3) is 0.222.